The number of hydrogen-bond donors (Lipinski definition) is 0. The van der Waals surface area contributed by atoms with Crippen molar-refractivity contribution in [3.8, 4) is 0 Å². The Hall–Kier alpha value is 0.0838. The Balaban J connectivity index is 3.62. The van der Waals surface area contributed by atoms with Gasteiger partial charge in [0.05, 0.1) is 0 Å². The first kappa shape index (κ1) is 16.1. The smallest absolute Gasteiger partial charge is 0.270 e. The van der Waals surface area contributed by atoms with Crippen LogP contribution in [0.2, 0.25) is 18.1 Å². The molecule has 98 valence electrons. The molecule has 0 nitrogen and oxygen atoms in total. The lowest BCUT2D eigenvalue weighted by molar-refractivity contribution is 0.466. The first-order chi connectivity index (χ1) is 7.27. The molecule has 7 heteroatoms. The summed E-state index contributed by atoms with van der Waals surface area (Å²) in [4.78, 5) is 0. The number of halogens is 5. The van der Waals surface area contributed by atoms with Gasteiger partial charge in [-0.05, 0) is 6.04 Å². The van der Waals surface area contributed by atoms with E-state index < -0.39 is 29.9 Å². The van der Waals surface area contributed by atoms with E-state index in [0.29, 0.717) is 6.42 Å². The van der Waals surface area contributed by atoms with Crippen molar-refractivity contribution >= 4 is 17.8 Å². The fourth-order valence-electron chi connectivity index (χ4n) is 1.44. The van der Waals surface area contributed by atoms with E-state index in [1.165, 1.54) is 0 Å². The average molecular weight is 278 g/mol. The van der Waals surface area contributed by atoms with Crippen LogP contribution >= 0.6 is 0 Å². The van der Waals surface area contributed by atoms with Crippen LogP contribution in [0.5, 0.6) is 0 Å². The van der Waals surface area contributed by atoms with Crippen LogP contribution in [0, 0.1) is 0 Å². The van der Waals surface area contributed by atoms with Crippen molar-refractivity contribution in [3.05, 3.63) is 0 Å². The van der Waals surface area contributed by atoms with E-state index in [1.807, 2.05) is 6.92 Å². The van der Waals surface area contributed by atoms with Crippen LogP contribution in [0.1, 0.15) is 39.0 Å². The molecule has 0 spiro atoms. The molecule has 0 aromatic rings. The molecule has 0 aromatic heterocycles. The molecule has 0 aliphatic rings. The van der Waals surface area contributed by atoms with Gasteiger partial charge in [0.15, 0.2) is 0 Å². The molecule has 0 saturated heterocycles. The summed E-state index contributed by atoms with van der Waals surface area (Å²) in [7, 11) is -10.3. The van der Waals surface area contributed by atoms with Crippen LogP contribution in [-0.4, -0.2) is 17.8 Å². The summed E-state index contributed by atoms with van der Waals surface area (Å²) in [6.45, 7) is 2.03. The summed E-state index contributed by atoms with van der Waals surface area (Å²) < 4.78 is 62.0. The lowest BCUT2D eigenvalue weighted by atomic mass is 10.2. The van der Waals surface area contributed by atoms with Gasteiger partial charge in [-0.25, -0.2) is 12.3 Å². The van der Waals surface area contributed by atoms with Gasteiger partial charge in [-0.3, -0.25) is 8.22 Å². The highest BCUT2D eigenvalue weighted by molar-refractivity contribution is 6.69. The second kappa shape index (κ2) is 7.42. The molecule has 0 aliphatic heterocycles. The Morgan fingerprint density at radius 2 is 1.25 bits per heavy atom. The van der Waals surface area contributed by atoms with Crippen LogP contribution in [0.3, 0.4) is 0 Å². The first-order valence-corrected chi connectivity index (χ1v) is 9.72. The Morgan fingerprint density at radius 3 is 1.75 bits per heavy atom. The fourth-order valence-corrected chi connectivity index (χ4v) is 5.05. The van der Waals surface area contributed by atoms with Gasteiger partial charge in [0.25, 0.3) is 0 Å². The van der Waals surface area contributed by atoms with Crippen LogP contribution < -0.4 is 0 Å². The molecule has 0 amide bonds. The summed E-state index contributed by atoms with van der Waals surface area (Å²) in [5.74, 6) is 0. The SMILES string of the molecule is CCCCCCC[Si](F)(F)CC[Si](F)(F)F. The number of unbranched alkanes of at least 4 members (excludes halogenated alkanes) is 4. The zero-order valence-corrected chi connectivity index (χ0v) is 11.5. The molecule has 0 radical (unpaired) electrons. The predicted molar refractivity (Wildman–Crippen MR) is 60.2 cm³/mol. The third kappa shape index (κ3) is 10.6. The molecular weight excluding hydrogens is 259 g/mol. The predicted octanol–water partition coefficient (Wildman–Crippen LogP) is 5.19. The highest BCUT2D eigenvalue weighted by Crippen LogP contribution is 2.29. The van der Waals surface area contributed by atoms with E-state index >= 15 is 0 Å². The van der Waals surface area contributed by atoms with Crippen LogP contribution in [-0.2, 0) is 0 Å². The van der Waals surface area contributed by atoms with Crippen molar-refractivity contribution in [2.45, 2.75) is 57.2 Å². The van der Waals surface area contributed by atoms with Crippen molar-refractivity contribution in [1.29, 1.82) is 0 Å². The largest absolute Gasteiger partial charge is 0.615 e. The molecule has 0 saturated carbocycles. The lowest BCUT2D eigenvalue weighted by Gasteiger charge is -2.12. The zero-order chi connectivity index (χ0) is 12.7. The maximum Gasteiger partial charge on any atom is 0.615 e. The van der Waals surface area contributed by atoms with Gasteiger partial charge < -0.3 is 0 Å². The van der Waals surface area contributed by atoms with Gasteiger partial charge >= 0.3 is 17.8 Å². The van der Waals surface area contributed by atoms with Gasteiger partial charge in [0.1, 0.15) is 0 Å². The Morgan fingerprint density at radius 1 is 0.688 bits per heavy atom. The molecule has 0 bridgehead atoms. The molecular formula is C9H19F5Si2. The van der Waals surface area contributed by atoms with Crippen LogP contribution in [0.25, 0.3) is 0 Å². The maximum atomic E-state index is 13.1. The van der Waals surface area contributed by atoms with Gasteiger partial charge in [-0.1, -0.05) is 39.0 Å². The lowest BCUT2D eigenvalue weighted by Crippen LogP contribution is -2.26. The standard InChI is InChI=1S/C9H19F5Si2/c1-2-3-4-5-6-7-15(10,11)8-9-16(12,13)14/h2-9H2,1H3. The van der Waals surface area contributed by atoms with E-state index in [2.05, 4.69) is 0 Å². The van der Waals surface area contributed by atoms with Crippen molar-refractivity contribution in [1.82, 2.24) is 0 Å². The quantitative estimate of drug-likeness (QED) is 0.236. The topological polar surface area (TPSA) is 0 Å². The van der Waals surface area contributed by atoms with Crippen molar-refractivity contribution < 1.29 is 20.5 Å². The van der Waals surface area contributed by atoms with E-state index in [-0.39, 0.29) is 6.04 Å². The van der Waals surface area contributed by atoms with Crippen LogP contribution in [0.4, 0.5) is 20.5 Å². The summed E-state index contributed by atoms with van der Waals surface area (Å²) in [6, 6.07) is -2.33. The Kier molecular flexibility index (Phi) is 7.46. The molecule has 0 heterocycles. The minimum atomic E-state index is -5.77. The normalized spacial score (nSPS) is 13.1. The third-order valence-corrected chi connectivity index (χ3v) is 5.80. The Labute approximate surface area is 96.1 Å². The first-order valence-electron chi connectivity index (χ1n) is 5.71. The minimum Gasteiger partial charge on any atom is -0.270 e. The molecule has 16 heavy (non-hydrogen) atoms. The molecule has 0 fully saturated rings. The van der Waals surface area contributed by atoms with Crippen molar-refractivity contribution in [2.24, 2.45) is 0 Å². The minimum absolute atomic E-state index is 0.263. The average Bonchev–Trinajstić information content (AvgIpc) is 2.14. The second-order valence-electron chi connectivity index (χ2n) is 4.14. The maximum absolute atomic E-state index is 13.1. The van der Waals surface area contributed by atoms with Gasteiger partial charge in [-0.15, -0.1) is 0 Å². The number of rotatable bonds is 9. The van der Waals surface area contributed by atoms with Gasteiger partial charge in [0.2, 0.25) is 0 Å². The molecule has 0 atom stereocenters. The van der Waals surface area contributed by atoms with E-state index in [0.717, 1.165) is 25.7 Å². The van der Waals surface area contributed by atoms with Crippen LogP contribution in [0.15, 0.2) is 0 Å². The Bertz CT molecular complexity index is 181. The van der Waals surface area contributed by atoms with E-state index in [9.17, 15) is 20.5 Å². The zero-order valence-electron chi connectivity index (χ0n) is 9.55. The molecule has 0 aromatic carbocycles. The molecule has 0 unspecified atom stereocenters. The monoisotopic (exact) mass is 278 g/mol. The molecule has 0 rings (SSSR count). The summed E-state index contributed by atoms with van der Waals surface area (Å²) >= 11 is 0. The molecule has 0 aliphatic carbocycles. The summed E-state index contributed by atoms with van der Waals surface area (Å²) in [5.41, 5.74) is 0. The van der Waals surface area contributed by atoms with Crippen molar-refractivity contribution in [3.63, 3.8) is 0 Å². The van der Waals surface area contributed by atoms with E-state index in [4.69, 9.17) is 0 Å². The number of hydrogen-bond acceptors (Lipinski definition) is 0. The van der Waals surface area contributed by atoms with Crippen molar-refractivity contribution in [2.75, 3.05) is 0 Å². The van der Waals surface area contributed by atoms with Gasteiger partial charge in [0, 0.05) is 12.1 Å². The summed E-state index contributed by atoms with van der Waals surface area (Å²) in [6.07, 6.45) is 4.07. The van der Waals surface area contributed by atoms with Gasteiger partial charge in [-0.2, -0.15) is 0 Å². The second-order valence-corrected chi connectivity index (χ2v) is 8.58. The summed E-state index contributed by atoms with van der Waals surface area (Å²) in [5, 5.41) is 0. The fraction of sp³-hybridized carbons (Fsp3) is 1.00. The highest BCUT2D eigenvalue weighted by atomic mass is 28.5. The third-order valence-electron chi connectivity index (χ3n) is 2.42. The van der Waals surface area contributed by atoms with E-state index in [1.54, 1.807) is 0 Å². The molecule has 0 N–H and O–H groups in total. The highest BCUT2D eigenvalue weighted by Gasteiger charge is 2.43.